The molecule has 49 heavy (non-hydrogen) atoms. The van der Waals surface area contributed by atoms with Crippen molar-refractivity contribution in [1.82, 2.24) is 4.57 Å². The molecule has 2 heterocycles. The van der Waals surface area contributed by atoms with Gasteiger partial charge in [0.05, 0.1) is 16.7 Å². The SMILES string of the molecule is c1ccc(N(c2ccc(-c3ccc4c5ccc6ccccc6c5n(-c5ccccc5)c4c3)cc2)c2cccc3sc4ccccc4c23)cc1. The van der Waals surface area contributed by atoms with Crippen molar-refractivity contribution in [2.45, 2.75) is 0 Å². The van der Waals surface area contributed by atoms with Crippen LogP contribution < -0.4 is 4.90 Å². The van der Waals surface area contributed by atoms with Crippen LogP contribution in [-0.4, -0.2) is 4.57 Å². The van der Waals surface area contributed by atoms with Gasteiger partial charge in [-0.2, -0.15) is 0 Å². The Labute approximate surface area is 288 Å². The van der Waals surface area contributed by atoms with Crippen molar-refractivity contribution >= 4 is 81.1 Å². The highest BCUT2D eigenvalue weighted by Gasteiger charge is 2.19. The number of para-hydroxylation sites is 2. The number of hydrogen-bond donors (Lipinski definition) is 0. The minimum absolute atomic E-state index is 1.13. The van der Waals surface area contributed by atoms with Crippen LogP contribution in [0.4, 0.5) is 17.1 Å². The number of rotatable bonds is 5. The minimum Gasteiger partial charge on any atom is -0.310 e. The Morgan fingerprint density at radius 1 is 0.429 bits per heavy atom. The lowest BCUT2D eigenvalue weighted by molar-refractivity contribution is 1.19. The van der Waals surface area contributed by atoms with E-state index in [2.05, 4.69) is 191 Å². The van der Waals surface area contributed by atoms with Gasteiger partial charge in [-0.15, -0.1) is 11.3 Å². The van der Waals surface area contributed by atoms with Crippen molar-refractivity contribution < 1.29 is 0 Å². The average Bonchev–Trinajstić information content (AvgIpc) is 3.72. The second kappa shape index (κ2) is 11.2. The zero-order valence-electron chi connectivity index (χ0n) is 26.6. The van der Waals surface area contributed by atoms with Gasteiger partial charge in [0, 0.05) is 53.4 Å². The van der Waals surface area contributed by atoms with Crippen molar-refractivity contribution in [3.05, 3.63) is 182 Å². The van der Waals surface area contributed by atoms with Gasteiger partial charge in [0.25, 0.3) is 0 Å². The van der Waals surface area contributed by atoms with Gasteiger partial charge in [0.2, 0.25) is 0 Å². The van der Waals surface area contributed by atoms with Gasteiger partial charge in [0.15, 0.2) is 0 Å². The summed E-state index contributed by atoms with van der Waals surface area (Å²) in [5, 5.41) is 7.64. The summed E-state index contributed by atoms with van der Waals surface area (Å²) >= 11 is 1.86. The van der Waals surface area contributed by atoms with Crippen LogP contribution in [-0.2, 0) is 0 Å². The predicted molar refractivity (Wildman–Crippen MR) is 211 cm³/mol. The molecule has 230 valence electrons. The van der Waals surface area contributed by atoms with E-state index in [1.165, 1.54) is 75.3 Å². The van der Waals surface area contributed by atoms with E-state index in [0.29, 0.717) is 0 Å². The van der Waals surface area contributed by atoms with Crippen LogP contribution in [0.2, 0.25) is 0 Å². The molecule has 0 aliphatic carbocycles. The lowest BCUT2D eigenvalue weighted by Crippen LogP contribution is -2.10. The maximum absolute atomic E-state index is 2.44. The first kappa shape index (κ1) is 27.9. The van der Waals surface area contributed by atoms with E-state index in [4.69, 9.17) is 0 Å². The van der Waals surface area contributed by atoms with Gasteiger partial charge >= 0.3 is 0 Å². The fourth-order valence-corrected chi connectivity index (χ4v) is 8.68. The van der Waals surface area contributed by atoms with E-state index in [9.17, 15) is 0 Å². The third-order valence-corrected chi connectivity index (χ3v) is 10.9. The van der Waals surface area contributed by atoms with Crippen molar-refractivity contribution in [3.8, 4) is 16.8 Å². The third kappa shape index (κ3) is 4.47. The number of aromatic nitrogens is 1. The molecule has 3 heteroatoms. The van der Waals surface area contributed by atoms with E-state index >= 15 is 0 Å². The average molecular weight is 643 g/mol. The zero-order valence-corrected chi connectivity index (χ0v) is 27.4. The van der Waals surface area contributed by atoms with Crippen molar-refractivity contribution in [2.24, 2.45) is 0 Å². The number of benzene rings is 8. The highest BCUT2D eigenvalue weighted by molar-refractivity contribution is 7.26. The van der Waals surface area contributed by atoms with Crippen LogP contribution in [0, 0.1) is 0 Å². The molecule has 0 unspecified atom stereocenters. The molecular weight excluding hydrogens is 613 g/mol. The van der Waals surface area contributed by atoms with Crippen molar-refractivity contribution in [2.75, 3.05) is 4.90 Å². The third-order valence-electron chi connectivity index (χ3n) is 9.76. The Morgan fingerprint density at radius 2 is 1.08 bits per heavy atom. The highest BCUT2D eigenvalue weighted by atomic mass is 32.1. The summed E-state index contributed by atoms with van der Waals surface area (Å²) in [6.07, 6.45) is 0. The first-order valence-electron chi connectivity index (χ1n) is 16.7. The molecule has 0 saturated heterocycles. The number of thiophene rings is 1. The Hall–Kier alpha value is -6.16. The van der Waals surface area contributed by atoms with Crippen molar-refractivity contribution in [3.63, 3.8) is 0 Å². The second-order valence-corrected chi connectivity index (χ2v) is 13.6. The molecule has 0 radical (unpaired) electrons. The smallest absolute Gasteiger partial charge is 0.0619 e. The highest BCUT2D eigenvalue weighted by Crippen LogP contribution is 2.45. The van der Waals surface area contributed by atoms with Crippen LogP contribution in [0.1, 0.15) is 0 Å². The molecule has 0 N–H and O–H groups in total. The molecule has 10 rings (SSSR count). The Bertz CT molecular complexity index is 2810. The molecule has 0 atom stereocenters. The van der Waals surface area contributed by atoms with E-state index in [1.807, 2.05) is 11.3 Å². The summed E-state index contributed by atoms with van der Waals surface area (Å²) in [4.78, 5) is 2.40. The van der Waals surface area contributed by atoms with E-state index in [0.717, 1.165) is 11.4 Å². The molecule has 2 aromatic heterocycles. The molecule has 10 aromatic rings. The van der Waals surface area contributed by atoms with Crippen LogP contribution in [0.3, 0.4) is 0 Å². The first-order valence-corrected chi connectivity index (χ1v) is 17.5. The molecule has 0 spiro atoms. The molecule has 0 fully saturated rings. The summed E-state index contributed by atoms with van der Waals surface area (Å²) in [7, 11) is 0. The fourth-order valence-electron chi connectivity index (χ4n) is 7.55. The maximum Gasteiger partial charge on any atom is 0.0619 e. The number of hydrogen-bond acceptors (Lipinski definition) is 2. The zero-order chi connectivity index (χ0) is 32.3. The van der Waals surface area contributed by atoms with Gasteiger partial charge < -0.3 is 9.47 Å². The summed E-state index contributed by atoms with van der Waals surface area (Å²) < 4.78 is 5.05. The van der Waals surface area contributed by atoms with Crippen LogP contribution >= 0.6 is 11.3 Å². The molecule has 0 saturated carbocycles. The van der Waals surface area contributed by atoms with E-state index in [1.54, 1.807) is 0 Å². The molecule has 0 aliphatic heterocycles. The van der Waals surface area contributed by atoms with Gasteiger partial charge in [-0.1, -0.05) is 121 Å². The summed E-state index contributed by atoms with van der Waals surface area (Å²) in [6, 6.07) is 66.1. The summed E-state index contributed by atoms with van der Waals surface area (Å²) in [5.74, 6) is 0. The summed E-state index contributed by atoms with van der Waals surface area (Å²) in [6.45, 7) is 0. The lowest BCUT2D eigenvalue weighted by Gasteiger charge is -2.26. The van der Waals surface area contributed by atoms with Crippen LogP contribution in [0.5, 0.6) is 0 Å². The second-order valence-electron chi connectivity index (χ2n) is 12.6. The van der Waals surface area contributed by atoms with E-state index < -0.39 is 0 Å². The Morgan fingerprint density at radius 3 is 1.92 bits per heavy atom. The molecule has 8 aromatic carbocycles. The Kier molecular flexibility index (Phi) is 6.39. The van der Waals surface area contributed by atoms with E-state index in [-0.39, 0.29) is 0 Å². The van der Waals surface area contributed by atoms with Gasteiger partial charge in [0.1, 0.15) is 0 Å². The van der Waals surface area contributed by atoms with Gasteiger partial charge in [-0.25, -0.2) is 0 Å². The number of fused-ring (bicyclic) bond motifs is 8. The molecular formula is C46H30N2S. The van der Waals surface area contributed by atoms with Crippen LogP contribution in [0.15, 0.2) is 182 Å². The fraction of sp³-hybridized carbons (Fsp3) is 0. The normalized spacial score (nSPS) is 11.7. The van der Waals surface area contributed by atoms with Gasteiger partial charge in [-0.3, -0.25) is 0 Å². The molecule has 2 nitrogen and oxygen atoms in total. The number of anilines is 3. The first-order chi connectivity index (χ1) is 24.3. The molecule has 0 bridgehead atoms. The van der Waals surface area contributed by atoms with Crippen LogP contribution in [0.25, 0.3) is 69.6 Å². The molecule has 0 amide bonds. The quantitative estimate of drug-likeness (QED) is 0.181. The largest absolute Gasteiger partial charge is 0.310 e. The number of nitrogens with zero attached hydrogens (tertiary/aromatic N) is 2. The predicted octanol–water partition coefficient (Wildman–Crippen LogP) is 13.4. The van der Waals surface area contributed by atoms with Crippen molar-refractivity contribution in [1.29, 1.82) is 0 Å². The monoisotopic (exact) mass is 642 g/mol. The standard InChI is InChI=1S/C46H30N2S/c1-3-13-34(14-4-1)47(41-19-11-21-44-45(41)40-18-9-10-20-43(40)49-44)36-26-22-31(23-27-36)33-25-28-38-39-29-24-32-12-7-8-17-37(32)46(39)48(42(38)30-33)35-15-5-2-6-16-35/h1-30H. The Balaban J connectivity index is 1.14. The lowest BCUT2D eigenvalue weighted by atomic mass is 10.0. The van der Waals surface area contributed by atoms with Gasteiger partial charge in [-0.05, 0) is 77.2 Å². The molecule has 0 aliphatic rings. The summed E-state index contributed by atoms with van der Waals surface area (Å²) in [5.41, 5.74) is 9.47. The minimum atomic E-state index is 1.13. The topological polar surface area (TPSA) is 8.17 Å². The maximum atomic E-state index is 2.44.